The molecule has 1 heterocycles. The quantitative estimate of drug-likeness (QED) is 0.769. The average molecular weight is 241 g/mol. The van der Waals surface area contributed by atoms with Gasteiger partial charge >= 0.3 is 0 Å². The van der Waals surface area contributed by atoms with Crippen LogP contribution in [-0.2, 0) is 6.42 Å². The van der Waals surface area contributed by atoms with Crippen molar-refractivity contribution in [2.24, 2.45) is 0 Å². The van der Waals surface area contributed by atoms with Crippen molar-refractivity contribution in [3.05, 3.63) is 48.0 Å². The maximum atomic E-state index is 4.46. The van der Waals surface area contributed by atoms with Crippen molar-refractivity contribution < 1.29 is 0 Å². The molecule has 0 spiro atoms. The minimum absolute atomic E-state index is 0.430. The highest BCUT2D eigenvalue weighted by atomic mass is 15.1. The van der Waals surface area contributed by atoms with Crippen molar-refractivity contribution in [1.29, 1.82) is 0 Å². The van der Waals surface area contributed by atoms with Crippen molar-refractivity contribution in [1.82, 2.24) is 9.55 Å². The summed E-state index contributed by atoms with van der Waals surface area (Å²) in [6.07, 6.45) is 7.50. The molecule has 2 rings (SSSR count). The van der Waals surface area contributed by atoms with Gasteiger partial charge in [0.15, 0.2) is 0 Å². The lowest BCUT2D eigenvalue weighted by Gasteiger charge is -2.14. The van der Waals surface area contributed by atoms with Crippen LogP contribution in [0.1, 0.15) is 50.9 Å². The zero-order chi connectivity index (χ0) is 13.0. The molecule has 0 fully saturated rings. The Labute approximate surface area is 110 Å². The molecule has 0 aliphatic rings. The summed E-state index contributed by atoms with van der Waals surface area (Å²) in [5.74, 6) is 1.55. The van der Waals surface area contributed by atoms with Gasteiger partial charge in [-0.15, -0.1) is 0 Å². The summed E-state index contributed by atoms with van der Waals surface area (Å²) in [6.45, 7) is 6.58. The molecular formula is C16H21N2. The largest absolute Gasteiger partial charge is 0.303 e. The van der Waals surface area contributed by atoms with E-state index in [0.29, 0.717) is 5.92 Å². The van der Waals surface area contributed by atoms with E-state index in [4.69, 9.17) is 0 Å². The van der Waals surface area contributed by atoms with Crippen LogP contribution in [0.2, 0.25) is 0 Å². The van der Waals surface area contributed by atoms with Crippen molar-refractivity contribution in [3.8, 4) is 5.69 Å². The molecule has 0 aliphatic carbocycles. The van der Waals surface area contributed by atoms with Crippen LogP contribution >= 0.6 is 0 Å². The Morgan fingerprint density at radius 2 is 2.22 bits per heavy atom. The van der Waals surface area contributed by atoms with Crippen molar-refractivity contribution in [2.45, 2.75) is 46.0 Å². The number of aromatic nitrogens is 2. The summed E-state index contributed by atoms with van der Waals surface area (Å²) < 4.78 is 2.20. The van der Waals surface area contributed by atoms with E-state index in [9.17, 15) is 0 Å². The highest BCUT2D eigenvalue weighted by Crippen LogP contribution is 2.21. The molecule has 1 aromatic carbocycles. The highest BCUT2D eigenvalue weighted by molar-refractivity contribution is 5.42. The minimum Gasteiger partial charge on any atom is -0.303 e. The number of hydrogen-bond donors (Lipinski definition) is 0. The molecule has 18 heavy (non-hydrogen) atoms. The Morgan fingerprint density at radius 3 is 2.94 bits per heavy atom. The molecule has 1 aromatic heterocycles. The predicted molar refractivity (Wildman–Crippen MR) is 75.1 cm³/mol. The minimum atomic E-state index is 0.430. The maximum Gasteiger partial charge on any atom is 0.115 e. The third kappa shape index (κ3) is 2.63. The first-order chi connectivity index (χ1) is 8.74. The van der Waals surface area contributed by atoms with Gasteiger partial charge in [0, 0.05) is 18.3 Å². The van der Waals surface area contributed by atoms with Crippen LogP contribution < -0.4 is 0 Å². The molecule has 0 amide bonds. The Hall–Kier alpha value is -1.57. The number of hydrogen-bond acceptors (Lipinski definition) is 1. The lowest BCUT2D eigenvalue weighted by atomic mass is 10.1. The molecule has 0 bridgehead atoms. The molecule has 0 saturated heterocycles. The number of benzene rings is 1. The second-order valence-electron chi connectivity index (χ2n) is 4.97. The van der Waals surface area contributed by atoms with E-state index in [1.165, 1.54) is 24.1 Å². The number of nitrogens with zero attached hydrogens (tertiary/aromatic N) is 2. The first kappa shape index (κ1) is 12.9. The third-order valence-electron chi connectivity index (χ3n) is 3.17. The Morgan fingerprint density at radius 1 is 1.39 bits per heavy atom. The highest BCUT2D eigenvalue weighted by Gasteiger charge is 2.11. The summed E-state index contributed by atoms with van der Waals surface area (Å²) in [5, 5.41) is 0. The molecule has 0 aliphatic heterocycles. The molecule has 0 saturated carbocycles. The van der Waals surface area contributed by atoms with Crippen molar-refractivity contribution in [2.75, 3.05) is 0 Å². The second-order valence-corrected chi connectivity index (χ2v) is 4.97. The summed E-state index contributed by atoms with van der Waals surface area (Å²) in [5.41, 5.74) is 2.61. The topological polar surface area (TPSA) is 17.8 Å². The van der Waals surface area contributed by atoms with Gasteiger partial charge in [0.2, 0.25) is 0 Å². The van der Waals surface area contributed by atoms with Gasteiger partial charge in [-0.25, -0.2) is 4.98 Å². The van der Waals surface area contributed by atoms with Gasteiger partial charge in [-0.2, -0.15) is 0 Å². The van der Waals surface area contributed by atoms with Gasteiger partial charge in [0.25, 0.3) is 0 Å². The molecule has 95 valence electrons. The molecule has 0 N–H and O–H groups in total. The molecular weight excluding hydrogens is 220 g/mol. The monoisotopic (exact) mass is 241 g/mol. The van der Waals surface area contributed by atoms with Gasteiger partial charge in [-0.3, -0.25) is 0 Å². The van der Waals surface area contributed by atoms with E-state index in [1.54, 1.807) is 0 Å². The Kier molecular flexibility index (Phi) is 4.19. The Bertz CT molecular complexity index is 497. The summed E-state index contributed by atoms with van der Waals surface area (Å²) in [7, 11) is 0. The zero-order valence-electron chi connectivity index (χ0n) is 11.5. The number of imidazole rings is 1. The number of rotatable bonds is 5. The fourth-order valence-corrected chi connectivity index (χ4v) is 2.20. The molecule has 0 unspecified atom stereocenters. The maximum absolute atomic E-state index is 4.46. The van der Waals surface area contributed by atoms with Crippen LogP contribution in [0.3, 0.4) is 0 Å². The van der Waals surface area contributed by atoms with E-state index in [0.717, 1.165) is 12.2 Å². The molecule has 2 heteroatoms. The number of aryl methyl sites for hydroxylation is 1. The lowest BCUT2D eigenvalue weighted by molar-refractivity contribution is 0.740. The third-order valence-corrected chi connectivity index (χ3v) is 3.17. The lowest BCUT2D eigenvalue weighted by Crippen LogP contribution is -2.05. The average Bonchev–Trinajstić information content (AvgIpc) is 2.86. The summed E-state index contributed by atoms with van der Waals surface area (Å²) in [4.78, 5) is 4.46. The first-order valence-electron chi connectivity index (χ1n) is 6.76. The van der Waals surface area contributed by atoms with E-state index in [2.05, 4.69) is 48.5 Å². The smallest absolute Gasteiger partial charge is 0.115 e. The fourth-order valence-electron chi connectivity index (χ4n) is 2.20. The first-order valence-corrected chi connectivity index (χ1v) is 6.76. The van der Waals surface area contributed by atoms with Crippen LogP contribution in [0.25, 0.3) is 5.69 Å². The van der Waals surface area contributed by atoms with Gasteiger partial charge in [0.1, 0.15) is 5.82 Å². The molecule has 0 atom stereocenters. The van der Waals surface area contributed by atoms with Crippen molar-refractivity contribution in [3.63, 3.8) is 0 Å². The zero-order valence-corrected chi connectivity index (χ0v) is 11.5. The Balaban J connectivity index is 2.40. The second kappa shape index (κ2) is 5.85. The normalized spacial score (nSPS) is 11.1. The van der Waals surface area contributed by atoms with Gasteiger partial charge in [-0.05, 0) is 30.5 Å². The SMILES string of the molecule is CCCCc1cc[c]cc1-n1ccnc1C(C)C. The summed E-state index contributed by atoms with van der Waals surface area (Å²) >= 11 is 0. The van der Waals surface area contributed by atoms with Crippen LogP contribution in [0.15, 0.2) is 30.6 Å². The van der Waals surface area contributed by atoms with E-state index in [1.807, 2.05) is 18.5 Å². The van der Waals surface area contributed by atoms with Crippen molar-refractivity contribution >= 4 is 0 Å². The number of unbranched alkanes of at least 4 members (excludes halogenated alkanes) is 1. The van der Waals surface area contributed by atoms with Crippen LogP contribution in [0, 0.1) is 6.07 Å². The van der Waals surface area contributed by atoms with E-state index < -0.39 is 0 Å². The molecule has 1 radical (unpaired) electrons. The van der Waals surface area contributed by atoms with Gasteiger partial charge < -0.3 is 4.57 Å². The molecule has 2 nitrogen and oxygen atoms in total. The van der Waals surface area contributed by atoms with Crippen LogP contribution in [0.5, 0.6) is 0 Å². The van der Waals surface area contributed by atoms with Gasteiger partial charge in [-0.1, -0.05) is 39.3 Å². The van der Waals surface area contributed by atoms with E-state index in [-0.39, 0.29) is 0 Å². The van der Waals surface area contributed by atoms with Crippen LogP contribution in [-0.4, -0.2) is 9.55 Å². The summed E-state index contributed by atoms with van der Waals surface area (Å²) in [6, 6.07) is 9.43. The standard InChI is InChI=1S/C16H21N2/c1-4-5-8-14-9-6-7-10-15(14)18-12-11-17-16(18)13(2)3/h6,9-13H,4-5,8H2,1-3H3. The van der Waals surface area contributed by atoms with Crippen LogP contribution in [0.4, 0.5) is 0 Å². The van der Waals surface area contributed by atoms with Gasteiger partial charge in [0.05, 0.1) is 5.69 Å². The molecule has 2 aromatic rings. The predicted octanol–water partition coefficient (Wildman–Crippen LogP) is 4.14. The fraction of sp³-hybridized carbons (Fsp3) is 0.438. The van der Waals surface area contributed by atoms with E-state index >= 15 is 0 Å².